The van der Waals surface area contributed by atoms with Crippen molar-refractivity contribution in [3.8, 4) is 10.4 Å². The van der Waals surface area contributed by atoms with Gasteiger partial charge in [0.05, 0.1) is 4.88 Å². The van der Waals surface area contributed by atoms with Crippen LogP contribution >= 0.6 is 23.6 Å². The van der Waals surface area contributed by atoms with Gasteiger partial charge in [-0.15, -0.1) is 11.3 Å². The standard InChI is InChI=1S/C12H13NOS2/c14-7-3-5-9-4-1-2-6-10(9)11-8-13-12(15)16-11/h1-2,4,6,8,14H,3,5,7H2,(H,13,15). The molecule has 0 atom stereocenters. The van der Waals surface area contributed by atoms with Gasteiger partial charge in [-0.05, 0) is 36.2 Å². The van der Waals surface area contributed by atoms with Crippen molar-refractivity contribution in [1.29, 1.82) is 0 Å². The van der Waals surface area contributed by atoms with E-state index in [-0.39, 0.29) is 6.61 Å². The molecule has 1 aromatic heterocycles. The second-order valence-corrected chi connectivity index (χ2v) is 5.25. The minimum absolute atomic E-state index is 0.233. The van der Waals surface area contributed by atoms with E-state index in [4.69, 9.17) is 17.3 Å². The van der Waals surface area contributed by atoms with E-state index in [1.165, 1.54) is 16.0 Å². The zero-order valence-corrected chi connectivity index (χ0v) is 10.4. The summed E-state index contributed by atoms with van der Waals surface area (Å²) >= 11 is 6.67. The Morgan fingerprint density at radius 3 is 2.81 bits per heavy atom. The number of aromatic nitrogens is 1. The van der Waals surface area contributed by atoms with Gasteiger partial charge in [-0.2, -0.15) is 0 Å². The topological polar surface area (TPSA) is 36.0 Å². The zero-order chi connectivity index (χ0) is 11.4. The number of aryl methyl sites for hydroxylation is 1. The van der Waals surface area contributed by atoms with Crippen molar-refractivity contribution in [2.24, 2.45) is 0 Å². The maximum atomic E-state index is 8.87. The van der Waals surface area contributed by atoms with Gasteiger partial charge in [0.2, 0.25) is 0 Å². The summed E-state index contributed by atoms with van der Waals surface area (Å²) in [7, 11) is 0. The number of H-pyrrole nitrogens is 1. The fraction of sp³-hybridized carbons (Fsp3) is 0.250. The van der Waals surface area contributed by atoms with Crippen molar-refractivity contribution in [2.45, 2.75) is 12.8 Å². The third kappa shape index (κ3) is 2.58. The molecule has 0 radical (unpaired) electrons. The molecule has 2 aromatic rings. The molecule has 2 rings (SSSR count). The number of aliphatic hydroxyl groups excluding tert-OH is 1. The molecule has 1 aromatic carbocycles. The first-order valence-electron chi connectivity index (χ1n) is 5.19. The predicted molar refractivity (Wildman–Crippen MR) is 70.3 cm³/mol. The van der Waals surface area contributed by atoms with Gasteiger partial charge >= 0.3 is 0 Å². The summed E-state index contributed by atoms with van der Waals surface area (Å²) in [4.78, 5) is 4.20. The Morgan fingerprint density at radius 2 is 2.12 bits per heavy atom. The number of thiazole rings is 1. The van der Waals surface area contributed by atoms with Gasteiger partial charge < -0.3 is 10.1 Å². The summed E-state index contributed by atoms with van der Waals surface area (Å²) in [5, 5.41) is 8.87. The molecule has 0 fully saturated rings. The minimum atomic E-state index is 0.233. The van der Waals surface area contributed by atoms with Crippen LogP contribution in [0.2, 0.25) is 0 Å². The van der Waals surface area contributed by atoms with Crippen molar-refractivity contribution in [2.75, 3.05) is 6.61 Å². The van der Waals surface area contributed by atoms with Gasteiger partial charge in [-0.3, -0.25) is 0 Å². The van der Waals surface area contributed by atoms with Crippen LogP contribution in [0.5, 0.6) is 0 Å². The van der Waals surface area contributed by atoms with E-state index in [1.807, 2.05) is 18.3 Å². The third-order valence-corrected chi connectivity index (χ3v) is 3.64. The van der Waals surface area contributed by atoms with E-state index in [2.05, 4.69) is 17.1 Å². The molecule has 0 aliphatic carbocycles. The van der Waals surface area contributed by atoms with E-state index >= 15 is 0 Å². The molecule has 0 aliphatic rings. The molecule has 0 aliphatic heterocycles. The maximum absolute atomic E-state index is 8.87. The molecular weight excluding hydrogens is 238 g/mol. The normalized spacial score (nSPS) is 10.6. The van der Waals surface area contributed by atoms with E-state index in [0.29, 0.717) is 0 Å². The molecule has 2 N–H and O–H groups in total. The Balaban J connectivity index is 2.36. The van der Waals surface area contributed by atoms with Crippen LogP contribution in [0.15, 0.2) is 30.5 Å². The number of hydrogen-bond acceptors (Lipinski definition) is 3. The Morgan fingerprint density at radius 1 is 1.31 bits per heavy atom. The number of hydrogen-bond donors (Lipinski definition) is 2. The highest BCUT2D eigenvalue weighted by atomic mass is 32.1. The lowest BCUT2D eigenvalue weighted by atomic mass is 10.0. The van der Waals surface area contributed by atoms with Gasteiger partial charge in [0, 0.05) is 12.8 Å². The second kappa shape index (κ2) is 5.39. The summed E-state index contributed by atoms with van der Waals surface area (Å²) in [6.45, 7) is 0.233. The Bertz CT molecular complexity index is 515. The van der Waals surface area contributed by atoms with Crippen LogP contribution < -0.4 is 0 Å². The van der Waals surface area contributed by atoms with Crippen LogP contribution in [-0.2, 0) is 6.42 Å². The highest BCUT2D eigenvalue weighted by molar-refractivity contribution is 7.73. The van der Waals surface area contributed by atoms with Crippen LogP contribution in [0.1, 0.15) is 12.0 Å². The zero-order valence-electron chi connectivity index (χ0n) is 8.77. The van der Waals surface area contributed by atoms with Crippen LogP contribution in [0.3, 0.4) is 0 Å². The highest BCUT2D eigenvalue weighted by Gasteiger charge is 2.05. The molecular formula is C12H13NOS2. The number of aromatic amines is 1. The molecule has 0 unspecified atom stereocenters. The lowest BCUT2D eigenvalue weighted by Gasteiger charge is -2.06. The first-order valence-corrected chi connectivity index (χ1v) is 6.41. The van der Waals surface area contributed by atoms with E-state index in [0.717, 1.165) is 16.8 Å². The lowest BCUT2D eigenvalue weighted by molar-refractivity contribution is 0.288. The number of nitrogens with one attached hydrogen (secondary N) is 1. The number of rotatable bonds is 4. The minimum Gasteiger partial charge on any atom is -0.396 e. The summed E-state index contributed by atoms with van der Waals surface area (Å²) in [6.07, 6.45) is 3.65. The van der Waals surface area contributed by atoms with Crippen molar-refractivity contribution < 1.29 is 5.11 Å². The molecule has 16 heavy (non-hydrogen) atoms. The molecule has 0 saturated carbocycles. The average molecular weight is 251 g/mol. The average Bonchev–Trinajstić information content (AvgIpc) is 2.73. The van der Waals surface area contributed by atoms with Crippen molar-refractivity contribution >= 4 is 23.6 Å². The lowest BCUT2D eigenvalue weighted by Crippen LogP contribution is -1.91. The third-order valence-electron chi connectivity index (χ3n) is 2.41. The van der Waals surface area contributed by atoms with Gasteiger partial charge in [0.15, 0.2) is 3.95 Å². The molecule has 0 spiro atoms. The van der Waals surface area contributed by atoms with Crippen LogP contribution in [0, 0.1) is 3.95 Å². The molecule has 2 nitrogen and oxygen atoms in total. The fourth-order valence-electron chi connectivity index (χ4n) is 1.66. The van der Waals surface area contributed by atoms with Gasteiger partial charge in [-0.1, -0.05) is 24.3 Å². The van der Waals surface area contributed by atoms with Crippen molar-refractivity contribution in [3.05, 3.63) is 40.0 Å². The van der Waals surface area contributed by atoms with Crippen LogP contribution in [0.25, 0.3) is 10.4 Å². The first kappa shape index (κ1) is 11.5. The van der Waals surface area contributed by atoms with Crippen LogP contribution in [0.4, 0.5) is 0 Å². The molecule has 4 heteroatoms. The number of benzene rings is 1. The maximum Gasteiger partial charge on any atom is 0.158 e. The second-order valence-electron chi connectivity index (χ2n) is 3.53. The Kier molecular flexibility index (Phi) is 3.88. The fourth-order valence-corrected chi connectivity index (χ4v) is 2.74. The van der Waals surface area contributed by atoms with Crippen LogP contribution in [-0.4, -0.2) is 16.7 Å². The van der Waals surface area contributed by atoms with E-state index in [9.17, 15) is 0 Å². The van der Waals surface area contributed by atoms with Crippen molar-refractivity contribution in [3.63, 3.8) is 0 Å². The quantitative estimate of drug-likeness (QED) is 0.817. The first-order chi connectivity index (χ1) is 7.81. The monoisotopic (exact) mass is 251 g/mol. The molecule has 0 amide bonds. The summed E-state index contributed by atoms with van der Waals surface area (Å²) < 4.78 is 0.798. The molecule has 84 valence electrons. The van der Waals surface area contributed by atoms with Crippen molar-refractivity contribution in [1.82, 2.24) is 4.98 Å². The molecule has 1 heterocycles. The summed E-state index contributed by atoms with van der Waals surface area (Å²) in [6, 6.07) is 8.26. The SMILES string of the molecule is OCCCc1ccccc1-c1c[nH]c(=S)s1. The van der Waals surface area contributed by atoms with Gasteiger partial charge in [-0.25, -0.2) is 0 Å². The Labute approximate surface area is 104 Å². The summed E-state index contributed by atoms with van der Waals surface area (Å²) in [5.41, 5.74) is 2.48. The Hall–Kier alpha value is -0.970. The highest BCUT2D eigenvalue weighted by Crippen LogP contribution is 2.28. The van der Waals surface area contributed by atoms with E-state index < -0.39 is 0 Å². The molecule has 0 bridgehead atoms. The summed E-state index contributed by atoms with van der Waals surface area (Å²) in [5.74, 6) is 0. The van der Waals surface area contributed by atoms with Gasteiger partial charge in [0.1, 0.15) is 0 Å². The van der Waals surface area contributed by atoms with Gasteiger partial charge in [0.25, 0.3) is 0 Å². The number of aliphatic hydroxyl groups is 1. The van der Waals surface area contributed by atoms with E-state index in [1.54, 1.807) is 11.3 Å². The smallest absolute Gasteiger partial charge is 0.158 e. The largest absolute Gasteiger partial charge is 0.396 e. The predicted octanol–water partition coefficient (Wildman–Crippen LogP) is 3.40. The molecule has 0 saturated heterocycles.